The topological polar surface area (TPSA) is 190 Å². The number of carbonyl (C=O) groups is 5. The van der Waals surface area contributed by atoms with Crippen LogP contribution in [0.3, 0.4) is 0 Å². The number of nitrogens with zero attached hydrogens (tertiary/aromatic N) is 5. The number of aryl methyl sites for hydroxylation is 3. The van der Waals surface area contributed by atoms with Crippen molar-refractivity contribution < 1.29 is 33.6 Å². The van der Waals surface area contributed by atoms with Gasteiger partial charge in [-0.05, 0) is 67.0 Å². The second-order valence-electron chi connectivity index (χ2n) is 18.5. The van der Waals surface area contributed by atoms with E-state index in [1.54, 1.807) is 28.8 Å². The van der Waals surface area contributed by atoms with Crippen LogP contribution in [0, 0.1) is 26.2 Å². The number of amides is 6. The number of urea groups is 1. The summed E-state index contributed by atoms with van der Waals surface area (Å²) in [4.78, 5) is 80.0. The number of likely N-dealkylation sites (tertiary alicyclic amines) is 1. The van der Waals surface area contributed by atoms with E-state index in [2.05, 4.69) is 26.1 Å². The molecule has 2 unspecified atom stereocenters. The Morgan fingerprint density at radius 3 is 2.29 bits per heavy atom. The number of aliphatic hydroxyl groups excluding tert-OH is 1. The molecule has 5 atom stereocenters. The summed E-state index contributed by atoms with van der Waals surface area (Å²) < 4.78 is 5.47. The van der Waals surface area contributed by atoms with Gasteiger partial charge in [0.25, 0.3) is 0 Å². The van der Waals surface area contributed by atoms with Crippen LogP contribution in [0.5, 0.6) is 0 Å². The quantitative estimate of drug-likeness (QED) is 0.0872. The monoisotopic (exact) mass is 916 g/mol. The molecular weight excluding hydrogens is 857 g/mol. The maximum atomic E-state index is 14.4. The lowest BCUT2D eigenvalue weighted by Gasteiger charge is -2.41. The summed E-state index contributed by atoms with van der Waals surface area (Å²) in [6.07, 6.45) is 0.116. The fraction of sp³-hybridized carbons (Fsp3) is 0.420. The molecule has 2 aliphatic rings. The third-order valence-electron chi connectivity index (χ3n) is 12.4. The van der Waals surface area contributed by atoms with Crippen molar-refractivity contribution in [3.8, 4) is 21.6 Å². The zero-order chi connectivity index (χ0) is 47.4. The number of hydrogen-bond donors (Lipinski definition) is 4. The Balaban J connectivity index is 1.02. The van der Waals surface area contributed by atoms with E-state index in [4.69, 9.17) is 4.52 Å². The first-order chi connectivity index (χ1) is 31.4. The van der Waals surface area contributed by atoms with E-state index in [0.717, 1.165) is 49.6 Å². The van der Waals surface area contributed by atoms with Crippen LogP contribution in [-0.4, -0.2) is 99.1 Å². The van der Waals surface area contributed by atoms with Crippen LogP contribution in [-0.2, 0) is 25.7 Å². The van der Waals surface area contributed by atoms with Crippen LogP contribution in [0.1, 0.15) is 93.3 Å². The average Bonchev–Trinajstić information content (AvgIpc) is 4.00. The molecule has 0 saturated carbocycles. The van der Waals surface area contributed by atoms with E-state index in [-0.39, 0.29) is 38.5 Å². The van der Waals surface area contributed by atoms with Crippen molar-refractivity contribution in [2.75, 3.05) is 25.0 Å². The van der Waals surface area contributed by atoms with Gasteiger partial charge in [0.2, 0.25) is 23.6 Å². The number of hydrogen-bond acceptors (Lipinski definition) is 10. The van der Waals surface area contributed by atoms with E-state index < -0.39 is 59.3 Å². The third-order valence-corrected chi connectivity index (χ3v) is 13.4. The van der Waals surface area contributed by atoms with E-state index in [0.29, 0.717) is 24.3 Å². The van der Waals surface area contributed by atoms with E-state index in [9.17, 15) is 29.1 Å². The number of β-amino-alcohol motifs (C(OH)–C–C–N with tert-alkyl or cyclic N) is 1. The number of aliphatic hydroxyl groups is 1. The number of thiazole rings is 1. The first kappa shape index (κ1) is 47.6. The molecule has 0 bridgehead atoms. The van der Waals surface area contributed by atoms with Crippen LogP contribution in [0.2, 0.25) is 0 Å². The molecule has 0 aliphatic carbocycles. The maximum absolute atomic E-state index is 14.4. The zero-order valence-corrected chi connectivity index (χ0v) is 39.7. The summed E-state index contributed by atoms with van der Waals surface area (Å²) >= 11 is 1.56. The lowest BCUT2D eigenvalue weighted by Crippen LogP contribution is -2.58. The summed E-state index contributed by atoms with van der Waals surface area (Å²) in [5.41, 5.74) is 8.73. The Morgan fingerprint density at radius 1 is 0.939 bits per heavy atom. The molecule has 15 nitrogen and oxygen atoms in total. The van der Waals surface area contributed by atoms with Gasteiger partial charge >= 0.3 is 6.03 Å². The van der Waals surface area contributed by atoms with Crippen LogP contribution >= 0.6 is 11.3 Å². The fourth-order valence-electron chi connectivity index (χ4n) is 9.08. The van der Waals surface area contributed by atoms with Gasteiger partial charge in [0.1, 0.15) is 24.4 Å². The molecule has 1 fully saturated rings. The SMILES string of the molecule is CCCC(CC(=O)N[C@H](C(=O)N1C[C@H](O)C[C@H]1C(=O)NCc1ccc(-c2scnc2C)cc1)C(C)(C)C)NC(=O)CN1C(=O)N(C)c2ccc(-c3c(C)noc3C)cc2C1c1ccccc1. The van der Waals surface area contributed by atoms with E-state index in [1.165, 1.54) is 9.80 Å². The summed E-state index contributed by atoms with van der Waals surface area (Å²) in [6, 6.07) is 19.7. The maximum Gasteiger partial charge on any atom is 0.325 e. The molecule has 0 spiro atoms. The molecule has 4 N–H and O–H groups in total. The molecule has 4 heterocycles. The molecule has 66 heavy (non-hydrogen) atoms. The van der Waals surface area contributed by atoms with Gasteiger partial charge in [-0.2, -0.15) is 0 Å². The molecule has 0 radical (unpaired) electrons. The van der Waals surface area contributed by atoms with E-state index >= 15 is 0 Å². The molecule has 5 aromatic rings. The first-order valence-corrected chi connectivity index (χ1v) is 23.3. The van der Waals surface area contributed by atoms with Crippen LogP contribution in [0.15, 0.2) is 82.8 Å². The number of carbonyl (C=O) groups excluding carboxylic acids is 5. The Morgan fingerprint density at radius 2 is 1.65 bits per heavy atom. The molecule has 6 amide bonds. The molecule has 7 rings (SSSR count). The Hall–Kier alpha value is -6.39. The van der Waals surface area contributed by atoms with Gasteiger partial charge in [-0.3, -0.25) is 24.1 Å². The minimum Gasteiger partial charge on any atom is -0.391 e. The lowest BCUT2D eigenvalue weighted by atomic mass is 9.85. The summed E-state index contributed by atoms with van der Waals surface area (Å²) in [5.74, 6) is -1.11. The van der Waals surface area contributed by atoms with Crippen molar-refractivity contribution in [3.63, 3.8) is 0 Å². The Kier molecular flexibility index (Phi) is 14.4. The summed E-state index contributed by atoms with van der Waals surface area (Å²) in [6.45, 7) is 13.0. The first-order valence-electron chi connectivity index (χ1n) is 22.5. The predicted molar refractivity (Wildman–Crippen MR) is 253 cm³/mol. The van der Waals surface area contributed by atoms with Crippen molar-refractivity contribution in [2.45, 2.75) is 111 Å². The highest BCUT2D eigenvalue weighted by Gasteiger charge is 2.45. The molecule has 3 aromatic carbocycles. The van der Waals surface area contributed by atoms with Crippen LogP contribution in [0.4, 0.5) is 10.5 Å². The van der Waals surface area contributed by atoms with Gasteiger partial charge in [0.05, 0.1) is 39.6 Å². The van der Waals surface area contributed by atoms with Crippen molar-refractivity contribution in [3.05, 3.63) is 112 Å². The fourth-order valence-corrected chi connectivity index (χ4v) is 9.89. The molecule has 1 saturated heterocycles. The number of anilines is 1. The second-order valence-corrected chi connectivity index (χ2v) is 19.3. The lowest BCUT2D eigenvalue weighted by molar-refractivity contribution is -0.144. The minimum absolute atomic E-state index is 0.0588. The predicted octanol–water partition coefficient (Wildman–Crippen LogP) is 6.84. The van der Waals surface area contributed by atoms with Gasteiger partial charge in [-0.15, -0.1) is 11.3 Å². The van der Waals surface area contributed by atoms with Crippen molar-refractivity contribution in [2.24, 2.45) is 5.41 Å². The van der Waals surface area contributed by atoms with Crippen LogP contribution in [0.25, 0.3) is 21.6 Å². The standard InChI is InChI=1S/C50H60N8O7S/c1-9-13-36(53-42(61)27-58-44(33-14-11-10-12-15-33)38-22-35(43-29(2)55-65-31(43)4)20-21-39(38)56(8)49(58)64)23-41(60)54-46(50(5,6)7)48(63)57-26-37(59)24-40(57)47(62)51-25-32-16-18-34(19-17-32)45-30(3)52-28-66-45/h10-12,14-22,28,36-37,40,44,46,59H,9,13,23-27H2,1-8H3,(H,51,62)(H,53,61)(H,54,60)/t36?,37-,40+,44?,46-/m1/s1. The Labute approximate surface area is 389 Å². The van der Waals surface area contributed by atoms with Gasteiger partial charge < -0.3 is 35.4 Å². The highest BCUT2D eigenvalue weighted by Crippen LogP contribution is 2.43. The molecule has 2 aliphatic heterocycles. The number of nitrogens with one attached hydrogen (secondary N) is 3. The zero-order valence-electron chi connectivity index (χ0n) is 38.9. The molecule has 16 heteroatoms. The minimum atomic E-state index is -1.05. The number of aromatic nitrogens is 2. The number of benzene rings is 3. The van der Waals surface area contributed by atoms with Crippen molar-refractivity contribution in [1.82, 2.24) is 35.9 Å². The second kappa shape index (κ2) is 20.0. The Bertz CT molecular complexity index is 2550. The summed E-state index contributed by atoms with van der Waals surface area (Å²) in [7, 11) is 1.68. The van der Waals surface area contributed by atoms with Gasteiger partial charge in [-0.1, -0.05) is 99.9 Å². The normalized spacial score (nSPS) is 18.2. The summed E-state index contributed by atoms with van der Waals surface area (Å²) in [5, 5.41) is 23.8. The largest absolute Gasteiger partial charge is 0.391 e. The molecular formula is C50H60N8O7S. The number of fused-ring (bicyclic) bond motifs is 1. The highest BCUT2D eigenvalue weighted by atomic mass is 32.1. The third kappa shape index (κ3) is 10.3. The number of rotatable bonds is 15. The molecule has 348 valence electrons. The average molecular weight is 917 g/mol. The smallest absolute Gasteiger partial charge is 0.325 e. The van der Waals surface area contributed by atoms with Gasteiger partial charge in [0.15, 0.2) is 0 Å². The van der Waals surface area contributed by atoms with Crippen molar-refractivity contribution in [1.29, 1.82) is 0 Å². The van der Waals surface area contributed by atoms with Gasteiger partial charge in [-0.25, -0.2) is 9.78 Å². The highest BCUT2D eigenvalue weighted by molar-refractivity contribution is 7.13. The van der Waals surface area contributed by atoms with Gasteiger partial charge in [0, 0.05) is 50.1 Å². The molecule has 2 aromatic heterocycles. The van der Waals surface area contributed by atoms with Crippen LogP contribution < -0.4 is 20.9 Å². The van der Waals surface area contributed by atoms with E-state index in [1.807, 2.05) is 121 Å². The van der Waals surface area contributed by atoms with Crippen molar-refractivity contribution >= 4 is 46.7 Å².